The molecule has 0 radical (unpaired) electrons. The Bertz CT molecular complexity index is 1300. The fourth-order valence-corrected chi connectivity index (χ4v) is 3.73. The molecule has 4 rings (SSSR count). The van der Waals surface area contributed by atoms with Crippen LogP contribution in [-0.4, -0.2) is 20.5 Å². The van der Waals surface area contributed by atoms with Crippen molar-refractivity contribution in [2.75, 3.05) is 5.32 Å². The van der Waals surface area contributed by atoms with E-state index in [1.54, 1.807) is 24.3 Å². The third-order valence-corrected chi connectivity index (χ3v) is 5.60. The van der Waals surface area contributed by atoms with Crippen molar-refractivity contribution in [1.82, 2.24) is 14.6 Å². The van der Waals surface area contributed by atoms with E-state index in [1.807, 2.05) is 13.8 Å². The van der Waals surface area contributed by atoms with Gasteiger partial charge in [-0.05, 0) is 36.4 Å². The normalized spacial score (nSPS) is 11.1. The standard InChI is InChI=1S/C22H19FN4O3S/c1-13(2)21-26-27-19(28)11-17(25-22(27)31-21)12-30-18-5-3-4-16(10-18)24-20(29)14-6-8-15(23)9-7-14/h3-11,13H,12H2,1-2H3,(H,24,29). The second-order valence-electron chi connectivity index (χ2n) is 7.15. The second kappa shape index (κ2) is 8.65. The molecule has 0 spiro atoms. The lowest BCUT2D eigenvalue weighted by atomic mass is 10.2. The quantitative estimate of drug-likeness (QED) is 0.487. The summed E-state index contributed by atoms with van der Waals surface area (Å²) in [7, 11) is 0. The number of anilines is 1. The van der Waals surface area contributed by atoms with Gasteiger partial charge in [-0.25, -0.2) is 9.37 Å². The average Bonchev–Trinajstić information content (AvgIpc) is 3.18. The molecule has 2 aromatic carbocycles. The van der Waals surface area contributed by atoms with Gasteiger partial charge in [-0.15, -0.1) is 0 Å². The summed E-state index contributed by atoms with van der Waals surface area (Å²) in [6, 6.07) is 13.5. The number of carbonyl (C=O) groups is 1. The Morgan fingerprint density at radius 1 is 1.19 bits per heavy atom. The fraction of sp³-hybridized carbons (Fsp3) is 0.182. The Labute approximate surface area is 181 Å². The number of hydrogen-bond acceptors (Lipinski definition) is 6. The molecule has 0 aliphatic heterocycles. The van der Waals surface area contributed by atoms with E-state index < -0.39 is 5.82 Å². The molecule has 0 aliphatic rings. The monoisotopic (exact) mass is 438 g/mol. The van der Waals surface area contributed by atoms with Crippen molar-refractivity contribution in [2.24, 2.45) is 0 Å². The summed E-state index contributed by atoms with van der Waals surface area (Å²) in [6.45, 7) is 4.11. The van der Waals surface area contributed by atoms with Crippen molar-refractivity contribution in [3.05, 3.63) is 87.0 Å². The number of fused-ring (bicyclic) bond motifs is 1. The van der Waals surface area contributed by atoms with Crippen molar-refractivity contribution in [1.29, 1.82) is 0 Å². The van der Waals surface area contributed by atoms with E-state index in [2.05, 4.69) is 15.4 Å². The zero-order chi connectivity index (χ0) is 22.0. The molecule has 0 atom stereocenters. The van der Waals surface area contributed by atoms with E-state index in [0.29, 0.717) is 27.7 Å². The van der Waals surface area contributed by atoms with Gasteiger partial charge in [0.2, 0.25) is 4.96 Å². The number of amides is 1. The van der Waals surface area contributed by atoms with Crippen LogP contribution in [0.4, 0.5) is 10.1 Å². The Morgan fingerprint density at radius 2 is 1.97 bits per heavy atom. The van der Waals surface area contributed by atoms with Gasteiger partial charge in [0.05, 0.1) is 5.69 Å². The van der Waals surface area contributed by atoms with Crippen molar-refractivity contribution in [3.8, 4) is 5.75 Å². The molecule has 0 saturated heterocycles. The number of nitrogens with one attached hydrogen (secondary N) is 1. The Kier molecular flexibility index (Phi) is 5.77. The molecule has 0 saturated carbocycles. The highest BCUT2D eigenvalue weighted by Crippen LogP contribution is 2.21. The van der Waals surface area contributed by atoms with E-state index in [4.69, 9.17) is 4.74 Å². The third-order valence-electron chi connectivity index (χ3n) is 4.39. The molecule has 1 amide bonds. The summed E-state index contributed by atoms with van der Waals surface area (Å²) in [4.78, 5) is 29.6. The van der Waals surface area contributed by atoms with Crippen LogP contribution in [0.2, 0.25) is 0 Å². The van der Waals surface area contributed by atoms with Gasteiger partial charge in [0.1, 0.15) is 23.2 Å². The zero-order valence-corrected chi connectivity index (χ0v) is 17.6. The van der Waals surface area contributed by atoms with Crippen LogP contribution in [0.15, 0.2) is 59.4 Å². The minimum atomic E-state index is -0.405. The van der Waals surface area contributed by atoms with E-state index in [1.165, 1.54) is 46.2 Å². The van der Waals surface area contributed by atoms with Crippen LogP contribution in [0.1, 0.15) is 40.8 Å². The molecule has 7 nitrogen and oxygen atoms in total. The lowest BCUT2D eigenvalue weighted by Crippen LogP contribution is -2.16. The van der Waals surface area contributed by atoms with Gasteiger partial charge in [0.15, 0.2) is 0 Å². The largest absolute Gasteiger partial charge is 0.487 e. The maximum atomic E-state index is 13.0. The molecule has 2 aromatic heterocycles. The maximum Gasteiger partial charge on any atom is 0.275 e. The molecular weight excluding hydrogens is 419 g/mol. The van der Waals surface area contributed by atoms with Gasteiger partial charge < -0.3 is 10.1 Å². The predicted octanol–water partition coefficient (Wildman–Crippen LogP) is 4.24. The van der Waals surface area contributed by atoms with Crippen LogP contribution in [0, 0.1) is 5.82 Å². The highest BCUT2D eigenvalue weighted by molar-refractivity contribution is 7.16. The van der Waals surface area contributed by atoms with E-state index >= 15 is 0 Å². The third kappa shape index (κ3) is 4.77. The smallest absolute Gasteiger partial charge is 0.275 e. The van der Waals surface area contributed by atoms with Gasteiger partial charge >= 0.3 is 0 Å². The molecule has 0 aliphatic carbocycles. The second-order valence-corrected chi connectivity index (χ2v) is 8.14. The summed E-state index contributed by atoms with van der Waals surface area (Å²) in [6.07, 6.45) is 0. The number of benzene rings is 2. The summed E-state index contributed by atoms with van der Waals surface area (Å²) in [5.74, 6) is -0.0506. The number of nitrogens with zero attached hydrogens (tertiary/aromatic N) is 3. The summed E-state index contributed by atoms with van der Waals surface area (Å²) in [5, 5.41) is 7.88. The predicted molar refractivity (Wildman–Crippen MR) is 116 cm³/mol. The number of carbonyl (C=O) groups excluding carboxylic acids is 1. The zero-order valence-electron chi connectivity index (χ0n) is 16.8. The van der Waals surface area contributed by atoms with Crippen molar-refractivity contribution in [3.63, 3.8) is 0 Å². The topological polar surface area (TPSA) is 85.6 Å². The molecule has 4 aromatic rings. The van der Waals surface area contributed by atoms with E-state index in [9.17, 15) is 14.0 Å². The Hall–Kier alpha value is -3.59. The minimum Gasteiger partial charge on any atom is -0.487 e. The molecule has 158 valence electrons. The molecule has 31 heavy (non-hydrogen) atoms. The van der Waals surface area contributed by atoms with Crippen LogP contribution >= 0.6 is 11.3 Å². The van der Waals surface area contributed by atoms with Gasteiger partial charge in [-0.3, -0.25) is 9.59 Å². The number of rotatable bonds is 6. The molecule has 0 unspecified atom stereocenters. The summed E-state index contributed by atoms with van der Waals surface area (Å²) in [5.41, 5.74) is 1.10. The lowest BCUT2D eigenvalue weighted by molar-refractivity contribution is 0.102. The molecule has 1 N–H and O–H groups in total. The average molecular weight is 438 g/mol. The first-order valence-corrected chi connectivity index (χ1v) is 10.4. The highest BCUT2D eigenvalue weighted by atomic mass is 32.1. The number of ether oxygens (including phenoxy) is 1. The Balaban J connectivity index is 1.46. The van der Waals surface area contributed by atoms with Crippen LogP contribution in [-0.2, 0) is 6.61 Å². The SMILES string of the molecule is CC(C)c1nn2c(=O)cc(COc3cccc(NC(=O)c4ccc(F)cc4)c3)nc2s1. The van der Waals surface area contributed by atoms with Crippen LogP contribution in [0.3, 0.4) is 0 Å². The van der Waals surface area contributed by atoms with Gasteiger partial charge in [-0.1, -0.05) is 31.3 Å². The van der Waals surface area contributed by atoms with Crippen LogP contribution < -0.4 is 15.6 Å². The number of halogens is 1. The first kappa shape index (κ1) is 20.7. The first-order chi connectivity index (χ1) is 14.9. The Morgan fingerprint density at radius 3 is 2.71 bits per heavy atom. The van der Waals surface area contributed by atoms with Crippen molar-refractivity contribution >= 4 is 27.9 Å². The van der Waals surface area contributed by atoms with Crippen molar-refractivity contribution in [2.45, 2.75) is 26.4 Å². The molecular formula is C22H19FN4O3S. The van der Waals surface area contributed by atoms with Gasteiger partial charge in [0.25, 0.3) is 11.5 Å². The van der Waals surface area contributed by atoms with Gasteiger partial charge in [-0.2, -0.15) is 9.61 Å². The molecule has 9 heteroatoms. The maximum absolute atomic E-state index is 13.0. The van der Waals surface area contributed by atoms with Crippen LogP contribution in [0.5, 0.6) is 5.75 Å². The summed E-state index contributed by atoms with van der Waals surface area (Å²) < 4.78 is 20.1. The molecule has 2 heterocycles. The van der Waals surface area contributed by atoms with Gasteiger partial charge in [0, 0.05) is 29.3 Å². The highest BCUT2D eigenvalue weighted by Gasteiger charge is 2.12. The minimum absolute atomic E-state index is 0.0933. The van der Waals surface area contributed by atoms with Crippen molar-refractivity contribution < 1.29 is 13.9 Å². The van der Waals surface area contributed by atoms with E-state index in [0.717, 1.165) is 5.01 Å². The number of aromatic nitrogens is 3. The molecule has 0 bridgehead atoms. The molecule has 0 fully saturated rings. The fourth-order valence-electron chi connectivity index (χ4n) is 2.80. The number of hydrogen-bond donors (Lipinski definition) is 1. The van der Waals surface area contributed by atoms with Crippen LogP contribution in [0.25, 0.3) is 4.96 Å². The lowest BCUT2D eigenvalue weighted by Gasteiger charge is -2.09. The first-order valence-electron chi connectivity index (χ1n) is 9.58. The van der Waals surface area contributed by atoms with E-state index in [-0.39, 0.29) is 24.0 Å². The summed E-state index contributed by atoms with van der Waals surface area (Å²) >= 11 is 1.38.